The van der Waals surface area contributed by atoms with Gasteiger partial charge in [-0.05, 0) is 39.0 Å². The lowest BCUT2D eigenvalue weighted by molar-refractivity contribution is -0.146. The number of amides is 1. The van der Waals surface area contributed by atoms with Crippen LogP contribution in [0.3, 0.4) is 0 Å². The van der Waals surface area contributed by atoms with E-state index < -0.39 is 40.6 Å². The normalized spacial score (nSPS) is 19.0. The van der Waals surface area contributed by atoms with Crippen LogP contribution in [-0.4, -0.2) is 37.8 Å². The molecular weight excluding hydrogens is 345 g/mol. The third-order valence-corrected chi connectivity index (χ3v) is 3.79. The van der Waals surface area contributed by atoms with Gasteiger partial charge in [0.25, 0.3) is 11.5 Å². The van der Waals surface area contributed by atoms with Crippen LogP contribution >= 0.6 is 0 Å². The van der Waals surface area contributed by atoms with Crippen molar-refractivity contribution in [2.45, 2.75) is 32.0 Å². The third kappa shape index (κ3) is 3.14. The van der Waals surface area contributed by atoms with Gasteiger partial charge in [0.2, 0.25) is 0 Å². The Morgan fingerprint density at radius 3 is 2.42 bits per heavy atom. The maximum atomic E-state index is 13.9. The standard InChI is InChI=1S/C18H20FNO6/c1-10(14(21)24-6)18(26-16(23)25-17(2,3)4)12-9-11(19)7-8-13(12)20(5)15(18)22/h7-9H,1H2,2-6H3. The molecule has 7 nitrogen and oxygen atoms in total. The van der Waals surface area contributed by atoms with Crippen molar-refractivity contribution in [3.63, 3.8) is 0 Å². The van der Waals surface area contributed by atoms with Gasteiger partial charge in [-0.2, -0.15) is 0 Å². The van der Waals surface area contributed by atoms with Gasteiger partial charge in [0.05, 0.1) is 18.4 Å². The van der Waals surface area contributed by atoms with Gasteiger partial charge < -0.3 is 19.1 Å². The van der Waals surface area contributed by atoms with E-state index in [9.17, 15) is 18.8 Å². The second-order valence-corrected chi connectivity index (χ2v) is 6.74. The predicted octanol–water partition coefficient (Wildman–Crippen LogP) is 2.68. The molecule has 0 bridgehead atoms. The van der Waals surface area contributed by atoms with Crippen LogP contribution in [0.2, 0.25) is 0 Å². The third-order valence-electron chi connectivity index (χ3n) is 3.79. The van der Waals surface area contributed by atoms with Crippen LogP contribution < -0.4 is 4.90 Å². The van der Waals surface area contributed by atoms with Crippen LogP contribution in [0, 0.1) is 5.82 Å². The minimum atomic E-state index is -2.28. The van der Waals surface area contributed by atoms with Crippen molar-refractivity contribution in [1.82, 2.24) is 0 Å². The van der Waals surface area contributed by atoms with Crippen molar-refractivity contribution < 1.29 is 33.0 Å². The summed E-state index contributed by atoms with van der Waals surface area (Å²) in [4.78, 5) is 38.5. The molecule has 0 saturated heterocycles. The average molecular weight is 365 g/mol. The molecule has 1 unspecified atom stereocenters. The minimum absolute atomic E-state index is 0.0359. The van der Waals surface area contributed by atoms with Crippen LogP contribution in [0.1, 0.15) is 26.3 Å². The van der Waals surface area contributed by atoms with Crippen molar-refractivity contribution in [3.8, 4) is 0 Å². The van der Waals surface area contributed by atoms with Crippen LogP contribution in [0.25, 0.3) is 0 Å². The van der Waals surface area contributed by atoms with E-state index in [1.165, 1.54) is 13.1 Å². The molecule has 1 aromatic carbocycles. The second-order valence-electron chi connectivity index (χ2n) is 6.74. The summed E-state index contributed by atoms with van der Waals surface area (Å²) in [6.07, 6.45) is -1.21. The number of rotatable bonds is 3. The highest BCUT2D eigenvalue weighted by molar-refractivity contribution is 6.14. The molecule has 1 aliphatic rings. The van der Waals surface area contributed by atoms with Gasteiger partial charge in [-0.15, -0.1) is 0 Å². The molecule has 0 radical (unpaired) electrons. The first kappa shape index (κ1) is 19.4. The van der Waals surface area contributed by atoms with Gasteiger partial charge in [0.1, 0.15) is 11.4 Å². The molecule has 0 fully saturated rings. The smallest absolute Gasteiger partial charge is 0.466 e. The molecule has 1 aliphatic heterocycles. The molecule has 1 amide bonds. The highest BCUT2D eigenvalue weighted by atomic mass is 19.1. The lowest BCUT2D eigenvalue weighted by Gasteiger charge is -2.30. The number of fused-ring (bicyclic) bond motifs is 1. The Bertz CT molecular complexity index is 797. The molecule has 2 rings (SSSR count). The van der Waals surface area contributed by atoms with E-state index in [0.717, 1.165) is 24.1 Å². The number of ether oxygens (including phenoxy) is 3. The van der Waals surface area contributed by atoms with Crippen LogP contribution in [0.15, 0.2) is 30.4 Å². The van der Waals surface area contributed by atoms with Gasteiger partial charge in [-0.1, -0.05) is 6.58 Å². The Hall–Kier alpha value is -2.90. The summed E-state index contributed by atoms with van der Waals surface area (Å²) in [5.74, 6) is -2.45. The van der Waals surface area contributed by atoms with E-state index >= 15 is 0 Å². The Kier molecular flexibility index (Phi) is 4.81. The SMILES string of the molecule is C=C(C(=O)OC)C1(OC(=O)OC(C)(C)C)C(=O)N(C)c2ccc(F)cc21. The summed E-state index contributed by atoms with van der Waals surface area (Å²) < 4.78 is 28.9. The number of nitrogens with zero attached hydrogens (tertiary/aromatic N) is 1. The fourth-order valence-electron chi connectivity index (χ4n) is 2.66. The zero-order valence-electron chi connectivity index (χ0n) is 15.2. The second kappa shape index (κ2) is 6.44. The molecule has 26 heavy (non-hydrogen) atoms. The highest BCUT2D eigenvalue weighted by Gasteiger charge is 2.58. The topological polar surface area (TPSA) is 82.1 Å². The van der Waals surface area contributed by atoms with E-state index in [-0.39, 0.29) is 11.3 Å². The number of carbonyl (C=O) groups excluding carboxylic acids is 3. The number of benzene rings is 1. The average Bonchev–Trinajstić information content (AvgIpc) is 2.74. The summed E-state index contributed by atoms with van der Waals surface area (Å²) in [5.41, 5.74) is -3.42. The van der Waals surface area contributed by atoms with Crippen LogP contribution in [0.4, 0.5) is 14.9 Å². The summed E-state index contributed by atoms with van der Waals surface area (Å²) in [6.45, 7) is 8.38. The summed E-state index contributed by atoms with van der Waals surface area (Å²) >= 11 is 0. The van der Waals surface area contributed by atoms with E-state index in [2.05, 4.69) is 11.3 Å². The number of anilines is 1. The first-order chi connectivity index (χ1) is 11.9. The molecule has 0 aromatic heterocycles. The number of methoxy groups -OCH3 is 1. The molecule has 0 aliphatic carbocycles. The van der Waals surface area contributed by atoms with E-state index in [0.29, 0.717) is 0 Å². The van der Waals surface area contributed by atoms with E-state index in [1.54, 1.807) is 20.8 Å². The van der Waals surface area contributed by atoms with E-state index in [4.69, 9.17) is 9.47 Å². The van der Waals surface area contributed by atoms with Gasteiger partial charge >= 0.3 is 12.1 Å². The fraction of sp³-hybridized carbons (Fsp3) is 0.389. The first-order valence-corrected chi connectivity index (χ1v) is 7.72. The highest BCUT2D eigenvalue weighted by Crippen LogP contribution is 2.47. The van der Waals surface area contributed by atoms with Crippen molar-refractivity contribution in [3.05, 3.63) is 41.7 Å². The Balaban J connectivity index is 2.65. The molecule has 0 N–H and O–H groups in total. The fourth-order valence-corrected chi connectivity index (χ4v) is 2.66. The van der Waals surface area contributed by atoms with Gasteiger partial charge in [0.15, 0.2) is 0 Å². The molecule has 8 heteroatoms. The molecule has 140 valence electrons. The van der Waals surface area contributed by atoms with Crippen LogP contribution in [-0.2, 0) is 29.4 Å². The van der Waals surface area contributed by atoms with Crippen molar-refractivity contribution in [1.29, 1.82) is 0 Å². The Morgan fingerprint density at radius 2 is 1.88 bits per heavy atom. The number of hydrogen-bond donors (Lipinski definition) is 0. The number of esters is 1. The number of carbonyl (C=O) groups is 3. The van der Waals surface area contributed by atoms with Gasteiger partial charge in [-0.25, -0.2) is 14.0 Å². The maximum absolute atomic E-state index is 13.9. The van der Waals surface area contributed by atoms with Crippen molar-refractivity contribution >= 4 is 23.7 Å². The Labute approximate surface area is 150 Å². The lowest BCUT2D eigenvalue weighted by Crippen LogP contribution is -2.46. The summed E-state index contributed by atoms with van der Waals surface area (Å²) in [7, 11) is 2.49. The number of hydrogen-bond acceptors (Lipinski definition) is 6. The van der Waals surface area contributed by atoms with Gasteiger partial charge in [-0.3, -0.25) is 4.79 Å². The first-order valence-electron chi connectivity index (χ1n) is 7.72. The zero-order chi connectivity index (χ0) is 19.9. The quantitative estimate of drug-likeness (QED) is 0.605. The monoisotopic (exact) mass is 365 g/mol. The summed E-state index contributed by atoms with van der Waals surface area (Å²) in [6, 6.07) is 3.50. The van der Waals surface area contributed by atoms with Crippen molar-refractivity contribution in [2.24, 2.45) is 0 Å². The molecule has 0 saturated carbocycles. The molecule has 1 atom stereocenters. The summed E-state index contributed by atoms with van der Waals surface area (Å²) in [5, 5.41) is 0. The van der Waals surface area contributed by atoms with E-state index in [1.807, 2.05) is 0 Å². The van der Waals surface area contributed by atoms with Crippen molar-refractivity contribution in [2.75, 3.05) is 19.1 Å². The largest absolute Gasteiger partial charge is 0.510 e. The molecule has 0 spiro atoms. The van der Waals surface area contributed by atoms with Gasteiger partial charge in [0, 0.05) is 12.6 Å². The molecule has 1 aromatic rings. The lowest BCUT2D eigenvalue weighted by atomic mass is 9.87. The molecular formula is C18H20FNO6. The number of likely N-dealkylation sites (N-methyl/N-ethyl adjacent to an activating group) is 1. The Morgan fingerprint density at radius 1 is 1.27 bits per heavy atom. The maximum Gasteiger partial charge on any atom is 0.510 e. The minimum Gasteiger partial charge on any atom is -0.466 e. The zero-order valence-corrected chi connectivity index (χ0v) is 15.2. The molecule has 1 heterocycles. The predicted molar refractivity (Wildman–Crippen MR) is 90.0 cm³/mol. The van der Waals surface area contributed by atoms with Crippen LogP contribution in [0.5, 0.6) is 0 Å². The number of halogens is 1.